The molecular weight excluding hydrogens is 216 g/mol. The summed E-state index contributed by atoms with van der Waals surface area (Å²) in [5.74, 6) is 6.75. The van der Waals surface area contributed by atoms with Crippen molar-refractivity contribution in [1.29, 1.82) is 0 Å². The standard InChI is InChI=1S/C12H22N4O/c1-3-5-6-8-17-12-10(7-4-2)11(16-13)14-9-15-12/h9H,3-8,13H2,1-2H3,(H,14,15,16). The first kappa shape index (κ1) is 13.7. The lowest BCUT2D eigenvalue weighted by atomic mass is 10.2. The van der Waals surface area contributed by atoms with Gasteiger partial charge >= 0.3 is 0 Å². The van der Waals surface area contributed by atoms with Gasteiger partial charge in [-0.1, -0.05) is 33.1 Å². The van der Waals surface area contributed by atoms with E-state index in [1.807, 2.05) is 0 Å². The molecular formula is C12H22N4O. The van der Waals surface area contributed by atoms with Crippen molar-refractivity contribution in [3.8, 4) is 5.88 Å². The van der Waals surface area contributed by atoms with Crippen LogP contribution in [0.15, 0.2) is 6.33 Å². The maximum absolute atomic E-state index is 5.69. The van der Waals surface area contributed by atoms with Crippen LogP contribution in [0.1, 0.15) is 45.1 Å². The molecule has 0 fully saturated rings. The number of ether oxygens (including phenoxy) is 1. The number of aromatic nitrogens is 2. The lowest BCUT2D eigenvalue weighted by Crippen LogP contribution is -2.13. The van der Waals surface area contributed by atoms with E-state index >= 15 is 0 Å². The summed E-state index contributed by atoms with van der Waals surface area (Å²) in [6, 6.07) is 0. The van der Waals surface area contributed by atoms with Crippen molar-refractivity contribution in [2.75, 3.05) is 12.0 Å². The SMILES string of the molecule is CCCCCOc1ncnc(NN)c1CCC. The van der Waals surface area contributed by atoms with Crippen LogP contribution < -0.4 is 16.0 Å². The van der Waals surface area contributed by atoms with Crippen LogP contribution in [0, 0.1) is 0 Å². The van der Waals surface area contributed by atoms with Crippen molar-refractivity contribution < 1.29 is 4.74 Å². The molecule has 1 aromatic rings. The molecule has 0 radical (unpaired) electrons. The molecule has 1 aromatic heterocycles. The van der Waals surface area contributed by atoms with Crippen LogP contribution in [0.2, 0.25) is 0 Å². The van der Waals surface area contributed by atoms with Crippen LogP contribution in [0.5, 0.6) is 5.88 Å². The second-order valence-corrected chi connectivity index (χ2v) is 3.96. The second kappa shape index (κ2) is 7.84. The lowest BCUT2D eigenvalue weighted by molar-refractivity contribution is 0.291. The monoisotopic (exact) mass is 238 g/mol. The molecule has 96 valence electrons. The first-order chi connectivity index (χ1) is 8.33. The highest BCUT2D eigenvalue weighted by atomic mass is 16.5. The fraction of sp³-hybridized carbons (Fsp3) is 0.667. The Morgan fingerprint density at radius 1 is 1.24 bits per heavy atom. The zero-order valence-corrected chi connectivity index (χ0v) is 10.7. The zero-order valence-electron chi connectivity index (χ0n) is 10.7. The number of nitrogen functional groups attached to an aromatic ring is 1. The van der Waals surface area contributed by atoms with Crippen LogP contribution >= 0.6 is 0 Å². The van der Waals surface area contributed by atoms with Gasteiger partial charge in [-0.2, -0.15) is 0 Å². The van der Waals surface area contributed by atoms with Gasteiger partial charge in [0.2, 0.25) is 5.88 Å². The van der Waals surface area contributed by atoms with Gasteiger partial charge in [0.25, 0.3) is 0 Å². The van der Waals surface area contributed by atoms with Gasteiger partial charge in [0.1, 0.15) is 12.1 Å². The van der Waals surface area contributed by atoms with Gasteiger partial charge in [0.05, 0.1) is 12.2 Å². The van der Waals surface area contributed by atoms with E-state index in [1.165, 1.54) is 19.2 Å². The summed E-state index contributed by atoms with van der Waals surface area (Å²) in [6.07, 6.45) is 6.76. The molecule has 0 unspecified atom stereocenters. The first-order valence-electron chi connectivity index (χ1n) is 6.26. The van der Waals surface area contributed by atoms with Gasteiger partial charge in [-0.05, 0) is 12.8 Å². The van der Waals surface area contributed by atoms with E-state index in [9.17, 15) is 0 Å². The van der Waals surface area contributed by atoms with E-state index in [2.05, 4.69) is 29.2 Å². The normalized spacial score (nSPS) is 10.3. The molecule has 5 heteroatoms. The molecule has 17 heavy (non-hydrogen) atoms. The fourth-order valence-electron chi connectivity index (χ4n) is 1.64. The van der Waals surface area contributed by atoms with Gasteiger partial charge in [-0.25, -0.2) is 15.8 Å². The van der Waals surface area contributed by atoms with Gasteiger partial charge in [0, 0.05) is 0 Å². The highest BCUT2D eigenvalue weighted by Gasteiger charge is 2.10. The van der Waals surface area contributed by atoms with Crippen molar-refractivity contribution >= 4 is 5.82 Å². The summed E-state index contributed by atoms with van der Waals surface area (Å²) in [6.45, 7) is 4.98. The number of anilines is 1. The van der Waals surface area contributed by atoms with Crippen LogP contribution in [0.25, 0.3) is 0 Å². The Hall–Kier alpha value is -1.36. The molecule has 0 bridgehead atoms. The number of nitrogens with two attached hydrogens (primary N) is 1. The number of hydrogen-bond donors (Lipinski definition) is 2. The van der Waals surface area contributed by atoms with Gasteiger partial charge in [0.15, 0.2) is 0 Å². The van der Waals surface area contributed by atoms with E-state index < -0.39 is 0 Å². The molecule has 0 saturated heterocycles. The summed E-state index contributed by atoms with van der Waals surface area (Å²) in [5, 5.41) is 0. The predicted octanol–water partition coefficient (Wildman–Crippen LogP) is 2.28. The Bertz CT molecular complexity index is 330. The Kier molecular flexibility index (Phi) is 6.32. The van der Waals surface area contributed by atoms with Crippen LogP contribution in [-0.4, -0.2) is 16.6 Å². The Morgan fingerprint density at radius 3 is 2.71 bits per heavy atom. The maximum atomic E-state index is 5.69. The average molecular weight is 238 g/mol. The van der Waals surface area contributed by atoms with E-state index in [1.54, 1.807) is 0 Å². The third-order valence-corrected chi connectivity index (χ3v) is 2.53. The lowest BCUT2D eigenvalue weighted by Gasteiger charge is -2.12. The van der Waals surface area contributed by atoms with Crippen molar-refractivity contribution in [2.24, 2.45) is 5.84 Å². The van der Waals surface area contributed by atoms with Crippen molar-refractivity contribution in [3.63, 3.8) is 0 Å². The van der Waals surface area contributed by atoms with Crippen molar-refractivity contribution in [1.82, 2.24) is 9.97 Å². The topological polar surface area (TPSA) is 73.1 Å². The highest BCUT2D eigenvalue weighted by Crippen LogP contribution is 2.23. The molecule has 0 amide bonds. The smallest absolute Gasteiger partial charge is 0.221 e. The number of hydrazine groups is 1. The number of nitrogens with zero attached hydrogens (tertiary/aromatic N) is 2. The molecule has 0 atom stereocenters. The average Bonchev–Trinajstić information content (AvgIpc) is 2.36. The van der Waals surface area contributed by atoms with E-state index in [0.29, 0.717) is 18.3 Å². The zero-order chi connectivity index (χ0) is 12.5. The maximum Gasteiger partial charge on any atom is 0.221 e. The molecule has 0 aliphatic heterocycles. The summed E-state index contributed by atoms with van der Waals surface area (Å²) in [7, 11) is 0. The number of hydrogen-bond acceptors (Lipinski definition) is 5. The van der Waals surface area contributed by atoms with Crippen molar-refractivity contribution in [2.45, 2.75) is 46.0 Å². The second-order valence-electron chi connectivity index (χ2n) is 3.96. The number of rotatable bonds is 8. The molecule has 0 aromatic carbocycles. The largest absolute Gasteiger partial charge is 0.477 e. The predicted molar refractivity (Wildman–Crippen MR) is 68.9 cm³/mol. The van der Waals surface area contributed by atoms with Crippen molar-refractivity contribution in [3.05, 3.63) is 11.9 Å². The van der Waals surface area contributed by atoms with Crippen LogP contribution in [-0.2, 0) is 6.42 Å². The van der Waals surface area contributed by atoms with Gasteiger partial charge < -0.3 is 10.2 Å². The minimum atomic E-state index is 0.658. The molecule has 1 rings (SSSR count). The molecule has 5 nitrogen and oxygen atoms in total. The highest BCUT2D eigenvalue weighted by molar-refractivity contribution is 5.47. The summed E-state index contributed by atoms with van der Waals surface area (Å²) in [5.41, 5.74) is 3.56. The molecule has 0 aliphatic carbocycles. The minimum absolute atomic E-state index is 0.658. The quantitative estimate of drug-likeness (QED) is 0.413. The Labute approximate surface area is 103 Å². The van der Waals surface area contributed by atoms with E-state index in [4.69, 9.17) is 10.6 Å². The van der Waals surface area contributed by atoms with Gasteiger partial charge in [-0.15, -0.1) is 0 Å². The molecule has 0 saturated carbocycles. The molecule has 1 heterocycles. The third kappa shape index (κ3) is 4.19. The summed E-state index contributed by atoms with van der Waals surface area (Å²) < 4.78 is 5.69. The first-order valence-corrected chi connectivity index (χ1v) is 6.26. The molecule has 0 aliphatic rings. The summed E-state index contributed by atoms with van der Waals surface area (Å²) >= 11 is 0. The Morgan fingerprint density at radius 2 is 2.06 bits per heavy atom. The fourth-order valence-corrected chi connectivity index (χ4v) is 1.64. The minimum Gasteiger partial charge on any atom is -0.477 e. The molecule has 0 spiro atoms. The number of unbranched alkanes of at least 4 members (excludes halogenated alkanes) is 2. The van der Waals surface area contributed by atoms with E-state index in [0.717, 1.165) is 24.8 Å². The summed E-state index contributed by atoms with van der Waals surface area (Å²) in [4.78, 5) is 8.27. The van der Waals surface area contributed by atoms with Crippen LogP contribution in [0.3, 0.4) is 0 Å². The Balaban J connectivity index is 2.68. The third-order valence-electron chi connectivity index (χ3n) is 2.53. The van der Waals surface area contributed by atoms with Gasteiger partial charge in [-0.3, -0.25) is 0 Å². The molecule has 3 N–H and O–H groups in total. The number of nitrogens with one attached hydrogen (secondary N) is 1. The van der Waals surface area contributed by atoms with Crippen LogP contribution in [0.4, 0.5) is 5.82 Å². The van der Waals surface area contributed by atoms with E-state index in [-0.39, 0.29) is 0 Å².